The summed E-state index contributed by atoms with van der Waals surface area (Å²) in [5.41, 5.74) is -0.498. The van der Waals surface area contributed by atoms with Crippen molar-refractivity contribution in [1.82, 2.24) is 0 Å². The van der Waals surface area contributed by atoms with Crippen LogP contribution in [0.15, 0.2) is 23.1 Å². The molecule has 0 bridgehead atoms. The van der Waals surface area contributed by atoms with E-state index in [-0.39, 0.29) is 43.3 Å². The van der Waals surface area contributed by atoms with Crippen LogP contribution in [0.4, 0.5) is 0 Å². The molecular weight excluding hydrogens is 248 g/mol. The summed E-state index contributed by atoms with van der Waals surface area (Å²) in [5, 5.41) is 10.5. The molecule has 0 N–H and O–H groups in total. The van der Waals surface area contributed by atoms with E-state index in [1.165, 1.54) is 19.1 Å². The first kappa shape index (κ1) is 14.9. The van der Waals surface area contributed by atoms with Crippen molar-refractivity contribution in [2.45, 2.75) is 11.8 Å². The minimum atomic E-state index is -4.78. The van der Waals surface area contributed by atoms with E-state index in [9.17, 15) is 22.9 Å². The van der Waals surface area contributed by atoms with Crippen LogP contribution in [0.5, 0.6) is 0 Å². The molecule has 0 aliphatic rings. The molecule has 0 amide bonds. The van der Waals surface area contributed by atoms with Gasteiger partial charge in [0, 0.05) is 5.56 Å². The fourth-order valence-corrected chi connectivity index (χ4v) is 2.03. The summed E-state index contributed by atoms with van der Waals surface area (Å²) in [6.45, 7) is 1.34. The minimum Gasteiger partial charge on any atom is -0.744 e. The normalized spacial score (nSPS) is 10.5. The van der Waals surface area contributed by atoms with Crippen LogP contribution < -0.4 is 5.11 Å². The molecule has 0 saturated carbocycles. The molecule has 15 heavy (non-hydrogen) atoms. The Kier molecular flexibility index (Phi) is 5.22. The summed E-state index contributed by atoms with van der Waals surface area (Å²) in [6, 6.07) is 3.71. The molecule has 0 fully saturated rings. The molecule has 0 heterocycles. The van der Waals surface area contributed by atoms with Crippen molar-refractivity contribution in [2.75, 3.05) is 0 Å². The van der Waals surface area contributed by atoms with Crippen LogP contribution in [0.2, 0.25) is 0 Å². The molecule has 0 aliphatic carbocycles. The van der Waals surface area contributed by atoms with E-state index in [0.717, 1.165) is 6.07 Å². The van der Waals surface area contributed by atoms with E-state index in [0.29, 0.717) is 0 Å². The zero-order valence-corrected chi connectivity index (χ0v) is 10.9. The second-order valence-electron chi connectivity index (χ2n) is 2.69. The Bertz CT molecular complexity index is 480. The Labute approximate surface area is 117 Å². The third kappa shape index (κ3) is 3.42. The van der Waals surface area contributed by atoms with Crippen molar-refractivity contribution in [3.8, 4) is 0 Å². The molecule has 0 spiro atoms. The number of carbonyl (C=O) groups excluding carboxylic acids is 1. The van der Waals surface area contributed by atoms with Crippen molar-refractivity contribution >= 4 is 53.8 Å². The molecular formula is C8H6CaO5S. The summed E-state index contributed by atoms with van der Waals surface area (Å²) in [5.74, 6) is -1.68. The van der Waals surface area contributed by atoms with Gasteiger partial charge in [0.1, 0.15) is 10.1 Å². The topological polar surface area (TPSA) is 97.3 Å². The van der Waals surface area contributed by atoms with E-state index in [2.05, 4.69) is 0 Å². The predicted molar refractivity (Wildman–Crippen MR) is 49.2 cm³/mol. The Morgan fingerprint density at radius 1 is 1.33 bits per heavy atom. The van der Waals surface area contributed by atoms with Crippen LogP contribution in [0.3, 0.4) is 0 Å². The summed E-state index contributed by atoms with van der Waals surface area (Å²) in [6.07, 6.45) is 0. The number of carboxylic acids is 1. The summed E-state index contributed by atoms with van der Waals surface area (Å²) in [4.78, 5) is 9.78. The SMILES string of the molecule is Cc1cccc(C(=O)[O-])c1S(=O)(=O)[O-].[Ca+2]. The number of rotatable bonds is 2. The number of aryl methyl sites for hydroxylation is 1. The van der Waals surface area contributed by atoms with E-state index in [1.54, 1.807) is 0 Å². The second-order valence-corrected chi connectivity index (χ2v) is 4.01. The number of hydrogen-bond acceptors (Lipinski definition) is 5. The Morgan fingerprint density at radius 3 is 2.20 bits per heavy atom. The molecule has 0 unspecified atom stereocenters. The van der Waals surface area contributed by atoms with Gasteiger partial charge in [-0.3, -0.25) is 0 Å². The zero-order chi connectivity index (χ0) is 10.9. The zero-order valence-electron chi connectivity index (χ0n) is 7.89. The van der Waals surface area contributed by atoms with Gasteiger partial charge in [-0.15, -0.1) is 0 Å². The van der Waals surface area contributed by atoms with E-state index in [4.69, 9.17) is 0 Å². The van der Waals surface area contributed by atoms with E-state index >= 15 is 0 Å². The fourth-order valence-electron chi connectivity index (χ4n) is 1.15. The molecule has 0 aromatic heterocycles. The maximum atomic E-state index is 10.7. The molecule has 1 aromatic carbocycles. The van der Waals surface area contributed by atoms with Crippen LogP contribution in [0, 0.1) is 6.92 Å². The van der Waals surface area contributed by atoms with Crippen LogP contribution in [0.25, 0.3) is 0 Å². The molecule has 0 aliphatic heterocycles. The van der Waals surface area contributed by atoms with Gasteiger partial charge < -0.3 is 14.5 Å². The fraction of sp³-hybridized carbons (Fsp3) is 0.125. The van der Waals surface area contributed by atoms with E-state index < -0.39 is 26.5 Å². The van der Waals surface area contributed by atoms with Crippen LogP contribution >= 0.6 is 0 Å². The summed E-state index contributed by atoms with van der Waals surface area (Å²) >= 11 is 0. The monoisotopic (exact) mass is 254 g/mol. The van der Waals surface area contributed by atoms with Crippen LogP contribution in [-0.2, 0) is 10.1 Å². The molecule has 7 heteroatoms. The van der Waals surface area contributed by atoms with Gasteiger partial charge in [0.25, 0.3) is 0 Å². The number of benzene rings is 1. The van der Waals surface area contributed by atoms with Gasteiger partial charge in [0.2, 0.25) is 0 Å². The first-order chi connectivity index (χ1) is 6.34. The van der Waals surface area contributed by atoms with Crippen molar-refractivity contribution < 1.29 is 22.9 Å². The number of aromatic carboxylic acids is 1. The smallest absolute Gasteiger partial charge is 0.744 e. The van der Waals surface area contributed by atoms with Gasteiger partial charge in [-0.1, -0.05) is 18.2 Å². The first-order valence-corrected chi connectivity index (χ1v) is 5.01. The average Bonchev–Trinajstić information content (AvgIpc) is 2.01. The molecule has 1 aromatic rings. The van der Waals surface area contributed by atoms with Crippen LogP contribution in [0.1, 0.15) is 15.9 Å². The van der Waals surface area contributed by atoms with Crippen molar-refractivity contribution in [1.29, 1.82) is 0 Å². The quantitative estimate of drug-likeness (QED) is 0.492. The molecule has 5 nitrogen and oxygen atoms in total. The second kappa shape index (κ2) is 5.27. The van der Waals surface area contributed by atoms with Gasteiger partial charge in [-0.2, -0.15) is 0 Å². The van der Waals surface area contributed by atoms with Crippen molar-refractivity contribution in [3.63, 3.8) is 0 Å². The molecule has 0 saturated heterocycles. The van der Waals surface area contributed by atoms with Crippen LogP contribution in [-0.4, -0.2) is 56.7 Å². The maximum absolute atomic E-state index is 10.7. The Balaban J connectivity index is 0.00000196. The van der Waals surface area contributed by atoms with Gasteiger partial charge in [0.15, 0.2) is 0 Å². The molecule has 0 radical (unpaired) electrons. The molecule has 1 rings (SSSR count). The third-order valence-electron chi connectivity index (χ3n) is 1.68. The van der Waals surface area contributed by atoms with Crippen molar-refractivity contribution in [2.24, 2.45) is 0 Å². The van der Waals surface area contributed by atoms with Crippen molar-refractivity contribution in [3.05, 3.63) is 29.3 Å². The van der Waals surface area contributed by atoms with Gasteiger partial charge in [0.05, 0.1) is 10.9 Å². The number of hydrogen-bond donors (Lipinski definition) is 0. The Hall–Kier alpha value is -0.140. The molecule has 76 valence electrons. The van der Waals surface area contributed by atoms with Gasteiger partial charge >= 0.3 is 37.7 Å². The summed E-state index contributed by atoms with van der Waals surface area (Å²) < 4.78 is 32.2. The number of carboxylic acid groups (broad SMARTS) is 1. The summed E-state index contributed by atoms with van der Waals surface area (Å²) in [7, 11) is -4.78. The maximum Gasteiger partial charge on any atom is 2.00 e. The first-order valence-electron chi connectivity index (χ1n) is 3.61. The largest absolute Gasteiger partial charge is 2.00 e. The van der Waals surface area contributed by atoms with E-state index in [1.807, 2.05) is 0 Å². The average molecular weight is 254 g/mol. The standard InChI is InChI=1S/C8H8O5S.Ca/c1-5-3-2-4-6(8(9)10)7(5)14(11,12)13;/h2-4H,1H3,(H,9,10)(H,11,12,13);/q;+2/p-2. The minimum absolute atomic E-state index is 0. The van der Waals surface area contributed by atoms with Gasteiger partial charge in [-0.05, 0) is 12.5 Å². The Morgan fingerprint density at radius 2 is 1.87 bits per heavy atom. The number of carbonyl (C=O) groups is 1. The predicted octanol–water partition coefficient (Wildman–Crippen LogP) is -1.12. The third-order valence-corrected chi connectivity index (χ3v) is 2.72. The molecule has 0 atom stereocenters. The van der Waals surface area contributed by atoms with Gasteiger partial charge in [-0.25, -0.2) is 8.42 Å².